The van der Waals surface area contributed by atoms with Gasteiger partial charge in [-0.15, -0.1) is 31.2 Å². The maximum absolute atomic E-state index is 8.84. The second kappa shape index (κ2) is 50.5. The van der Waals surface area contributed by atoms with Crippen LogP contribution in [0.25, 0.3) is 10.6 Å². The molecule has 2 rings (SSSR count). The van der Waals surface area contributed by atoms with Gasteiger partial charge in [0.25, 0.3) is 12.9 Å². The second-order valence-corrected chi connectivity index (χ2v) is 8.75. The van der Waals surface area contributed by atoms with Crippen LogP contribution in [0.15, 0.2) is 12.2 Å². The van der Waals surface area contributed by atoms with Crippen molar-refractivity contribution in [3.8, 4) is 0 Å². The van der Waals surface area contributed by atoms with Crippen LogP contribution in [0.4, 0.5) is 0 Å². The van der Waals surface area contributed by atoms with Gasteiger partial charge in [0, 0.05) is 42.7 Å². The number of aliphatic hydroxyl groups is 8. The average Bonchev–Trinajstić information content (AvgIpc) is 2.91. The summed E-state index contributed by atoms with van der Waals surface area (Å²) in [5.41, 5.74) is 0. The number of rotatable bonds is 12. The van der Waals surface area contributed by atoms with E-state index in [0.717, 1.165) is 39.0 Å². The molecule has 0 aromatic heterocycles. The van der Waals surface area contributed by atoms with E-state index in [-0.39, 0.29) is 88.8 Å². The number of carbonyl (C=O) groups is 2. The van der Waals surface area contributed by atoms with Gasteiger partial charge in [-0.05, 0) is 26.9 Å². The van der Waals surface area contributed by atoms with Crippen LogP contribution in [0.1, 0.15) is 39.5 Å². The Bertz CT molecular complexity index is 544. The van der Waals surface area contributed by atoms with Crippen LogP contribution in [-0.4, -0.2) is 177 Å². The van der Waals surface area contributed by atoms with Crippen molar-refractivity contribution in [1.29, 1.82) is 0 Å². The van der Waals surface area contributed by atoms with Gasteiger partial charge in [0.2, 0.25) is 0 Å². The fourth-order valence-electron chi connectivity index (χ4n) is 3.50. The van der Waals surface area contributed by atoms with E-state index < -0.39 is 12.6 Å². The predicted octanol–water partition coefficient (Wildman–Crippen LogP) is -1.80. The van der Waals surface area contributed by atoms with E-state index in [1.54, 1.807) is 0 Å². The molecule has 0 spiro atoms. The van der Waals surface area contributed by atoms with Gasteiger partial charge in [-0.25, -0.2) is 0 Å². The minimum absolute atomic E-state index is 0. The smallest absolute Gasteiger partial charge is 0.658 e. The molecule has 0 aromatic rings. The fraction of sp³-hybridized carbons (Fsp3) is 0.846. The third kappa shape index (κ3) is 59.6. The van der Waals surface area contributed by atoms with Crippen LogP contribution in [0.3, 0.4) is 0 Å². The number of carboxylic acid groups (broad SMARTS) is 2. The Morgan fingerprint density at radius 2 is 1.07 bits per heavy atom. The maximum atomic E-state index is 8.84. The van der Waals surface area contributed by atoms with E-state index >= 15 is 0 Å². The Kier molecular flexibility index (Phi) is 67.4. The van der Waals surface area contributed by atoms with E-state index in [4.69, 9.17) is 60.7 Å². The van der Waals surface area contributed by atoms with Gasteiger partial charge in [-0.2, -0.15) is 0 Å². The molecule has 0 amide bonds. The molecule has 0 radical (unpaired) electrons. The third-order valence-corrected chi connectivity index (χ3v) is 4.98. The van der Waals surface area contributed by atoms with Gasteiger partial charge in [0.1, 0.15) is 12.6 Å². The van der Waals surface area contributed by atoms with Crippen LogP contribution in [-0.2, 0) is 59.1 Å². The Morgan fingerprint density at radius 3 is 1.33 bits per heavy atom. The molecule has 19 heteroatoms. The number of hydrogen-bond donors (Lipinski definition) is 10. The van der Waals surface area contributed by atoms with Crippen molar-refractivity contribution in [1.82, 2.24) is 9.80 Å². The summed E-state index contributed by atoms with van der Waals surface area (Å²) in [4.78, 5) is 20.9. The minimum Gasteiger partial charge on any atom is -0.658 e. The molecular weight excluding hydrogens is 736 g/mol. The Hall–Kier alpha value is -0.319. The maximum Gasteiger partial charge on any atom is 2.00 e. The Morgan fingerprint density at radius 1 is 0.711 bits per heavy atom. The molecule has 0 aliphatic carbocycles. The van der Waals surface area contributed by atoms with Crippen molar-refractivity contribution >= 4 is 12.9 Å². The molecule has 280 valence electrons. The monoisotopic (exact) mass is 790 g/mol. The third-order valence-electron chi connectivity index (χ3n) is 4.98. The molecule has 2 aliphatic rings. The summed E-state index contributed by atoms with van der Waals surface area (Å²) < 4.78 is 0. The standard InChI is InChI=1S/C10H21N2O2.C10H19N2O2.2C2H6O2.2CH2O2.3Ni/c2*13-7-5-12(6-8-14)9-10-3-1-2-4-11-10;2*1-2(3)4;2*2-1-3;;;/h10,13-14H,1-9H2;1-2,10,13-14H,3-9H2;2*2-4H,1H3;2*1H,(H,2,3);;;/q2*-1;;;;;;2*+2. The SMILES string of the molecule is CC(O)O.CC(O)O.O=CO.O=CO.OCCN(CCO)CC1CC=CC[N-]1.OCCN(CCO)CC1CCCC[N-]1.[Ni+2].[Ni+2].[Ni]. The van der Waals surface area contributed by atoms with Crippen LogP contribution >= 0.6 is 0 Å². The Labute approximate surface area is 297 Å². The quantitative estimate of drug-likeness (QED) is 0.0453. The van der Waals surface area contributed by atoms with Crippen molar-refractivity contribution in [2.75, 3.05) is 78.8 Å². The van der Waals surface area contributed by atoms with Gasteiger partial charge in [-0.3, -0.25) is 9.59 Å². The van der Waals surface area contributed by atoms with Gasteiger partial charge in [-0.1, -0.05) is 31.8 Å². The molecule has 2 atom stereocenters. The van der Waals surface area contributed by atoms with E-state index in [2.05, 4.69) is 27.7 Å². The summed E-state index contributed by atoms with van der Waals surface area (Å²) in [5, 5.41) is 88.5. The number of nitrogens with zero attached hydrogens (tertiary/aromatic N) is 4. The zero-order valence-electron chi connectivity index (χ0n) is 26.0. The van der Waals surface area contributed by atoms with Crippen LogP contribution in [0, 0.1) is 0 Å². The van der Waals surface area contributed by atoms with Crippen molar-refractivity contribution in [2.24, 2.45) is 0 Å². The summed E-state index contributed by atoms with van der Waals surface area (Å²) in [5.74, 6) is 0. The predicted molar refractivity (Wildman–Crippen MR) is 158 cm³/mol. The summed E-state index contributed by atoms with van der Waals surface area (Å²) in [7, 11) is 0. The molecular formula is C26H56N4Ni3O12+2. The summed E-state index contributed by atoms with van der Waals surface area (Å²) in [6.45, 7) is 8.70. The molecule has 0 aromatic carbocycles. The average molecular weight is 793 g/mol. The van der Waals surface area contributed by atoms with E-state index in [0.29, 0.717) is 38.3 Å². The Balaban J connectivity index is -0.0000000870. The van der Waals surface area contributed by atoms with Crippen molar-refractivity contribution in [3.05, 3.63) is 22.8 Å². The zero-order valence-corrected chi connectivity index (χ0v) is 28.9. The first kappa shape index (κ1) is 60.0. The van der Waals surface area contributed by atoms with Crippen LogP contribution < -0.4 is 0 Å². The first-order valence-corrected chi connectivity index (χ1v) is 13.8. The van der Waals surface area contributed by atoms with E-state index in [1.165, 1.54) is 26.7 Å². The van der Waals surface area contributed by atoms with Crippen molar-refractivity contribution in [3.63, 3.8) is 0 Å². The molecule has 45 heavy (non-hydrogen) atoms. The van der Waals surface area contributed by atoms with E-state index in [9.17, 15) is 0 Å². The minimum atomic E-state index is -1.17. The molecule has 10 N–H and O–H groups in total. The molecule has 2 aliphatic heterocycles. The number of aliphatic hydroxyl groups excluding tert-OH is 6. The van der Waals surface area contributed by atoms with Crippen molar-refractivity contribution in [2.45, 2.75) is 64.2 Å². The molecule has 0 bridgehead atoms. The van der Waals surface area contributed by atoms with Gasteiger partial charge in [0.15, 0.2) is 0 Å². The van der Waals surface area contributed by atoms with Gasteiger partial charge < -0.3 is 71.5 Å². The van der Waals surface area contributed by atoms with Crippen LogP contribution in [0.5, 0.6) is 0 Å². The molecule has 16 nitrogen and oxygen atoms in total. The van der Waals surface area contributed by atoms with Crippen molar-refractivity contribution < 1.29 is 110 Å². The van der Waals surface area contributed by atoms with Gasteiger partial charge >= 0.3 is 33.0 Å². The number of piperidine rings is 1. The topological polar surface area (TPSA) is 271 Å². The molecule has 2 heterocycles. The largest absolute Gasteiger partial charge is 2.00 e. The summed E-state index contributed by atoms with van der Waals surface area (Å²) in [6, 6.07) is 0.750. The first-order chi connectivity index (χ1) is 20.0. The second-order valence-electron chi connectivity index (χ2n) is 8.75. The van der Waals surface area contributed by atoms with Crippen LogP contribution in [0.2, 0.25) is 0 Å². The first-order valence-electron chi connectivity index (χ1n) is 13.8. The van der Waals surface area contributed by atoms with E-state index in [1.807, 2.05) is 4.90 Å². The summed E-state index contributed by atoms with van der Waals surface area (Å²) in [6.07, 6.45) is 6.50. The molecule has 1 fully saturated rings. The fourth-order valence-corrected chi connectivity index (χ4v) is 3.50. The zero-order chi connectivity index (χ0) is 33.0. The molecule has 0 saturated carbocycles. The normalized spacial score (nSPS) is 16.0. The molecule has 2 unspecified atom stereocenters. The molecule has 1 saturated heterocycles. The number of hydrogen-bond acceptors (Lipinski definition) is 12. The summed E-state index contributed by atoms with van der Waals surface area (Å²) >= 11 is 0. The van der Waals surface area contributed by atoms with Gasteiger partial charge in [0.05, 0.1) is 26.4 Å².